The van der Waals surface area contributed by atoms with E-state index in [1.54, 1.807) is 23.7 Å². The molecular weight excluding hydrogens is 294 g/mol. The Bertz CT molecular complexity index is 876. The smallest absolute Gasteiger partial charge is 0.340 e. The molecule has 1 aromatic carbocycles. The molecule has 0 atom stereocenters. The van der Waals surface area contributed by atoms with Crippen molar-refractivity contribution in [2.45, 2.75) is 6.54 Å². The fourth-order valence-electron chi connectivity index (χ4n) is 2.23. The fourth-order valence-corrected chi connectivity index (χ4v) is 2.54. The van der Waals surface area contributed by atoms with Crippen LogP contribution in [0.3, 0.4) is 0 Å². The van der Waals surface area contributed by atoms with Gasteiger partial charge in [-0.3, -0.25) is 9.78 Å². The summed E-state index contributed by atoms with van der Waals surface area (Å²) in [5, 5.41) is 10.1. The van der Waals surface area contributed by atoms with E-state index in [4.69, 9.17) is 11.6 Å². The van der Waals surface area contributed by atoms with Gasteiger partial charge in [-0.1, -0.05) is 23.7 Å². The summed E-state index contributed by atoms with van der Waals surface area (Å²) in [6, 6.07) is 7.27. The molecule has 3 aromatic rings. The highest BCUT2D eigenvalue weighted by Gasteiger charge is 2.15. The Morgan fingerprint density at radius 1 is 1.48 bits per heavy atom. The van der Waals surface area contributed by atoms with Crippen molar-refractivity contribution in [3.8, 4) is 0 Å². The largest absolute Gasteiger partial charge is 0.343 e. The van der Waals surface area contributed by atoms with E-state index in [0.29, 0.717) is 16.5 Å². The number of rotatable bonds is 3. The Morgan fingerprint density at radius 3 is 2.95 bits per heavy atom. The van der Waals surface area contributed by atoms with Crippen LogP contribution in [0.4, 0.5) is 0 Å². The SMILES string of the molecule is Cn1c(C(=O)NCc2n[nH]c(=O)[nH]2)cc2cccc(Cl)c21. The first kappa shape index (κ1) is 13.4. The van der Waals surface area contributed by atoms with E-state index in [1.165, 1.54) is 0 Å². The molecule has 0 radical (unpaired) electrons. The van der Waals surface area contributed by atoms with E-state index in [-0.39, 0.29) is 12.5 Å². The molecule has 0 unspecified atom stereocenters. The molecule has 7 nitrogen and oxygen atoms in total. The lowest BCUT2D eigenvalue weighted by Crippen LogP contribution is -2.25. The second kappa shape index (κ2) is 5.10. The predicted octanol–water partition coefficient (Wildman–Crippen LogP) is 1.17. The maximum Gasteiger partial charge on any atom is 0.340 e. The zero-order valence-corrected chi connectivity index (χ0v) is 11.9. The van der Waals surface area contributed by atoms with E-state index in [1.807, 2.05) is 12.1 Å². The molecule has 0 aliphatic heterocycles. The molecular formula is C13H12ClN5O2. The molecule has 21 heavy (non-hydrogen) atoms. The van der Waals surface area contributed by atoms with Crippen molar-refractivity contribution in [3.63, 3.8) is 0 Å². The number of nitrogens with one attached hydrogen (secondary N) is 3. The van der Waals surface area contributed by atoms with Crippen LogP contribution in [0.5, 0.6) is 0 Å². The Morgan fingerprint density at radius 2 is 2.29 bits per heavy atom. The summed E-state index contributed by atoms with van der Waals surface area (Å²) in [5.74, 6) is 0.0961. The molecule has 1 amide bonds. The Hall–Kier alpha value is -2.54. The highest BCUT2D eigenvalue weighted by Crippen LogP contribution is 2.25. The molecule has 3 rings (SSSR count). The van der Waals surface area contributed by atoms with Crippen molar-refractivity contribution in [1.29, 1.82) is 0 Å². The lowest BCUT2D eigenvalue weighted by molar-refractivity contribution is 0.0942. The number of para-hydroxylation sites is 1. The number of aromatic amines is 2. The number of nitrogens with zero attached hydrogens (tertiary/aromatic N) is 2. The number of hydrogen-bond acceptors (Lipinski definition) is 3. The lowest BCUT2D eigenvalue weighted by atomic mass is 10.2. The average Bonchev–Trinajstić information content (AvgIpc) is 3.01. The van der Waals surface area contributed by atoms with Crippen molar-refractivity contribution in [2.24, 2.45) is 7.05 Å². The van der Waals surface area contributed by atoms with Gasteiger partial charge in [0.2, 0.25) is 0 Å². The molecule has 0 fully saturated rings. The highest BCUT2D eigenvalue weighted by molar-refractivity contribution is 6.35. The first-order valence-electron chi connectivity index (χ1n) is 6.22. The van der Waals surface area contributed by atoms with Crippen LogP contribution in [-0.4, -0.2) is 25.7 Å². The minimum absolute atomic E-state index is 0.132. The van der Waals surface area contributed by atoms with Gasteiger partial charge < -0.3 is 9.88 Å². The summed E-state index contributed by atoms with van der Waals surface area (Å²) < 4.78 is 1.74. The van der Waals surface area contributed by atoms with Crippen LogP contribution in [0.25, 0.3) is 10.9 Å². The van der Waals surface area contributed by atoms with Crippen molar-refractivity contribution in [2.75, 3.05) is 0 Å². The van der Waals surface area contributed by atoms with Crippen LogP contribution < -0.4 is 11.0 Å². The van der Waals surface area contributed by atoms with Crippen LogP contribution >= 0.6 is 11.6 Å². The molecule has 0 bridgehead atoms. The van der Waals surface area contributed by atoms with E-state index in [0.717, 1.165) is 10.9 Å². The molecule has 108 valence electrons. The van der Waals surface area contributed by atoms with Gasteiger partial charge in [-0.25, -0.2) is 9.89 Å². The second-order valence-corrected chi connectivity index (χ2v) is 4.98. The molecule has 0 aliphatic rings. The van der Waals surface area contributed by atoms with Crippen molar-refractivity contribution < 1.29 is 4.79 Å². The number of hydrogen-bond donors (Lipinski definition) is 3. The van der Waals surface area contributed by atoms with Gasteiger partial charge in [0.25, 0.3) is 5.91 Å². The Balaban J connectivity index is 1.86. The maximum atomic E-state index is 12.2. The molecule has 2 aromatic heterocycles. The second-order valence-electron chi connectivity index (χ2n) is 4.57. The van der Waals surface area contributed by atoms with Gasteiger partial charge in [0.05, 0.1) is 17.1 Å². The van der Waals surface area contributed by atoms with Gasteiger partial charge in [-0.15, -0.1) is 0 Å². The number of fused-ring (bicyclic) bond motifs is 1. The number of aryl methyl sites for hydroxylation is 1. The summed E-state index contributed by atoms with van der Waals surface area (Å²) in [6.07, 6.45) is 0. The van der Waals surface area contributed by atoms with Gasteiger partial charge in [-0.2, -0.15) is 5.10 Å². The summed E-state index contributed by atoms with van der Waals surface area (Å²) in [6.45, 7) is 0.132. The molecule has 0 saturated heterocycles. The predicted molar refractivity (Wildman–Crippen MR) is 78.3 cm³/mol. The first-order valence-corrected chi connectivity index (χ1v) is 6.60. The average molecular weight is 306 g/mol. The highest BCUT2D eigenvalue weighted by atomic mass is 35.5. The van der Waals surface area contributed by atoms with Crippen LogP contribution in [0.2, 0.25) is 5.02 Å². The third-order valence-corrected chi connectivity index (χ3v) is 3.51. The Kier molecular flexibility index (Phi) is 3.26. The number of amides is 1. The minimum Gasteiger partial charge on any atom is -0.343 e. The zero-order valence-electron chi connectivity index (χ0n) is 11.1. The standard InChI is InChI=1S/C13H12ClN5O2/c1-19-9(5-7-3-2-4-8(14)11(7)19)12(20)15-6-10-16-13(21)18-17-10/h2-5H,6H2,1H3,(H,15,20)(H2,16,17,18,21). The Labute approximate surface area is 123 Å². The van der Waals surface area contributed by atoms with E-state index < -0.39 is 5.69 Å². The summed E-state index contributed by atoms with van der Waals surface area (Å²) in [7, 11) is 1.78. The van der Waals surface area contributed by atoms with Gasteiger partial charge in [0, 0.05) is 12.4 Å². The van der Waals surface area contributed by atoms with Gasteiger partial charge in [0.15, 0.2) is 0 Å². The summed E-state index contributed by atoms with van der Waals surface area (Å²) in [4.78, 5) is 25.6. The van der Waals surface area contributed by atoms with Crippen molar-refractivity contribution in [1.82, 2.24) is 25.1 Å². The molecule has 0 spiro atoms. The van der Waals surface area contributed by atoms with E-state index in [2.05, 4.69) is 20.5 Å². The number of aromatic nitrogens is 4. The van der Waals surface area contributed by atoms with E-state index >= 15 is 0 Å². The number of H-pyrrole nitrogens is 2. The molecule has 0 aliphatic carbocycles. The topological polar surface area (TPSA) is 95.6 Å². The normalized spacial score (nSPS) is 11.0. The number of halogens is 1. The molecule has 8 heteroatoms. The van der Waals surface area contributed by atoms with Gasteiger partial charge in [0.1, 0.15) is 11.5 Å². The van der Waals surface area contributed by atoms with Crippen molar-refractivity contribution in [3.05, 3.63) is 51.3 Å². The maximum absolute atomic E-state index is 12.2. The van der Waals surface area contributed by atoms with Gasteiger partial charge >= 0.3 is 5.69 Å². The van der Waals surface area contributed by atoms with Crippen LogP contribution in [0.1, 0.15) is 16.3 Å². The third kappa shape index (κ3) is 2.43. The van der Waals surface area contributed by atoms with E-state index in [9.17, 15) is 9.59 Å². The lowest BCUT2D eigenvalue weighted by Gasteiger charge is -2.05. The number of carbonyl (C=O) groups excluding carboxylic acids is 1. The minimum atomic E-state index is -0.407. The summed E-state index contributed by atoms with van der Waals surface area (Å²) >= 11 is 6.15. The van der Waals surface area contributed by atoms with Crippen LogP contribution in [-0.2, 0) is 13.6 Å². The van der Waals surface area contributed by atoms with Crippen LogP contribution in [0, 0.1) is 0 Å². The third-order valence-electron chi connectivity index (χ3n) is 3.21. The molecule has 3 N–H and O–H groups in total. The molecule has 2 heterocycles. The fraction of sp³-hybridized carbons (Fsp3) is 0.154. The first-order chi connectivity index (χ1) is 10.1. The van der Waals surface area contributed by atoms with Crippen molar-refractivity contribution >= 4 is 28.4 Å². The quantitative estimate of drug-likeness (QED) is 0.678. The number of benzene rings is 1. The summed E-state index contributed by atoms with van der Waals surface area (Å²) in [5.41, 5.74) is 0.879. The molecule has 0 saturated carbocycles. The van der Waals surface area contributed by atoms with Gasteiger partial charge in [-0.05, 0) is 12.1 Å². The van der Waals surface area contributed by atoms with Crippen LogP contribution in [0.15, 0.2) is 29.1 Å². The monoisotopic (exact) mass is 305 g/mol. The number of carbonyl (C=O) groups is 1. The zero-order chi connectivity index (χ0) is 15.0.